The third-order valence-electron chi connectivity index (χ3n) is 3.83. The molecule has 0 amide bonds. The van der Waals surface area contributed by atoms with Crippen molar-refractivity contribution in [3.8, 4) is 5.75 Å². The molecule has 2 atom stereocenters. The molecule has 2 heterocycles. The Morgan fingerprint density at radius 2 is 2.00 bits per heavy atom. The van der Waals surface area contributed by atoms with E-state index in [9.17, 15) is 9.90 Å². The molecule has 118 valence electrons. The van der Waals surface area contributed by atoms with E-state index < -0.39 is 0 Å². The number of pyridine rings is 1. The summed E-state index contributed by atoms with van der Waals surface area (Å²) < 4.78 is 7.75. The van der Waals surface area contributed by atoms with Gasteiger partial charge in [-0.05, 0) is 20.3 Å². The number of hydrogen-bond acceptors (Lipinski definition) is 4. The minimum Gasteiger partial charge on any atom is -0.503 e. The average Bonchev–Trinajstić information content (AvgIpc) is 2.40. The van der Waals surface area contributed by atoms with E-state index in [0.29, 0.717) is 0 Å². The van der Waals surface area contributed by atoms with Crippen LogP contribution in [-0.4, -0.2) is 39.9 Å². The molecule has 0 aromatic carbocycles. The molecule has 1 fully saturated rings. The Bertz CT molecular complexity index is 517. The molecule has 0 radical (unpaired) electrons. The number of ether oxygens (including phenoxy) is 1. The zero-order valence-corrected chi connectivity index (χ0v) is 13.2. The Morgan fingerprint density at radius 1 is 1.33 bits per heavy atom. The molecule has 1 aliphatic rings. The quantitative estimate of drug-likeness (QED) is 0.902. The molecule has 1 saturated heterocycles. The van der Waals surface area contributed by atoms with Gasteiger partial charge < -0.3 is 14.4 Å². The van der Waals surface area contributed by atoms with Crippen molar-refractivity contribution in [3.63, 3.8) is 0 Å². The van der Waals surface area contributed by atoms with Crippen molar-refractivity contribution in [2.75, 3.05) is 13.1 Å². The maximum Gasteiger partial charge on any atom is 0.223 e. The standard InChI is InChI=1S/C16H26N2O3/c1-4-5-6-18-11-16(20)15(19)7-14(18)10-17-8-12(2)21-13(3)9-17/h7,11-13,20H,4-6,8-10H2,1-3H3. The maximum absolute atomic E-state index is 11.7. The Labute approximate surface area is 126 Å². The molecule has 21 heavy (non-hydrogen) atoms. The Morgan fingerprint density at radius 3 is 2.62 bits per heavy atom. The molecule has 5 nitrogen and oxygen atoms in total. The summed E-state index contributed by atoms with van der Waals surface area (Å²) in [5.41, 5.74) is 0.666. The van der Waals surface area contributed by atoms with Crippen molar-refractivity contribution >= 4 is 0 Å². The van der Waals surface area contributed by atoms with Crippen LogP contribution in [0.25, 0.3) is 0 Å². The van der Waals surface area contributed by atoms with Crippen LogP contribution in [0.1, 0.15) is 39.3 Å². The highest BCUT2D eigenvalue weighted by atomic mass is 16.5. The average molecular weight is 294 g/mol. The summed E-state index contributed by atoms with van der Waals surface area (Å²) in [6, 6.07) is 1.57. The van der Waals surface area contributed by atoms with Gasteiger partial charge in [-0.2, -0.15) is 0 Å². The first-order chi connectivity index (χ1) is 9.99. The van der Waals surface area contributed by atoms with Crippen molar-refractivity contribution in [3.05, 3.63) is 28.2 Å². The largest absolute Gasteiger partial charge is 0.503 e. The molecular formula is C16H26N2O3. The molecule has 1 N–H and O–H groups in total. The lowest BCUT2D eigenvalue weighted by Gasteiger charge is -2.35. The van der Waals surface area contributed by atoms with Crippen molar-refractivity contribution in [1.82, 2.24) is 9.47 Å². The number of aromatic hydroxyl groups is 1. The van der Waals surface area contributed by atoms with Gasteiger partial charge in [-0.3, -0.25) is 9.69 Å². The van der Waals surface area contributed by atoms with Crippen molar-refractivity contribution in [2.24, 2.45) is 0 Å². The summed E-state index contributed by atoms with van der Waals surface area (Å²) in [5, 5.41) is 9.65. The summed E-state index contributed by atoms with van der Waals surface area (Å²) in [5.74, 6) is -0.168. The fraction of sp³-hybridized carbons (Fsp3) is 0.688. The van der Waals surface area contributed by atoms with E-state index in [1.165, 1.54) is 0 Å². The lowest BCUT2D eigenvalue weighted by molar-refractivity contribution is -0.0710. The number of aryl methyl sites for hydroxylation is 1. The van der Waals surface area contributed by atoms with Gasteiger partial charge in [0.15, 0.2) is 5.75 Å². The van der Waals surface area contributed by atoms with E-state index >= 15 is 0 Å². The number of aromatic nitrogens is 1. The Balaban J connectivity index is 2.17. The molecule has 1 aromatic heterocycles. The minimum absolute atomic E-state index is 0.168. The molecule has 2 rings (SSSR count). The van der Waals surface area contributed by atoms with E-state index in [4.69, 9.17) is 4.74 Å². The monoisotopic (exact) mass is 294 g/mol. The molecule has 2 unspecified atom stereocenters. The van der Waals surface area contributed by atoms with E-state index in [1.54, 1.807) is 12.3 Å². The van der Waals surface area contributed by atoms with Crippen LogP contribution in [0.2, 0.25) is 0 Å². The molecule has 0 saturated carbocycles. The first-order valence-corrected chi connectivity index (χ1v) is 7.79. The Hall–Kier alpha value is -1.33. The lowest BCUT2D eigenvalue weighted by Crippen LogP contribution is -2.45. The van der Waals surface area contributed by atoms with Gasteiger partial charge in [0.05, 0.1) is 18.4 Å². The van der Waals surface area contributed by atoms with Crippen LogP contribution in [0, 0.1) is 0 Å². The summed E-state index contributed by atoms with van der Waals surface area (Å²) in [6.07, 6.45) is 4.10. The molecule has 1 aliphatic heterocycles. The SMILES string of the molecule is CCCCn1cc(O)c(=O)cc1CN1CC(C)OC(C)C1. The van der Waals surface area contributed by atoms with Gasteiger partial charge in [-0.15, -0.1) is 0 Å². The van der Waals surface area contributed by atoms with Crippen LogP contribution in [0.15, 0.2) is 17.1 Å². The van der Waals surface area contributed by atoms with Gasteiger partial charge in [0.25, 0.3) is 0 Å². The first-order valence-electron chi connectivity index (χ1n) is 7.79. The van der Waals surface area contributed by atoms with Crippen LogP contribution in [-0.2, 0) is 17.8 Å². The number of morpholine rings is 1. The van der Waals surface area contributed by atoms with E-state index in [2.05, 4.69) is 25.7 Å². The lowest BCUT2D eigenvalue weighted by atomic mass is 10.2. The summed E-state index contributed by atoms with van der Waals surface area (Å²) in [6.45, 7) is 9.56. The van der Waals surface area contributed by atoms with Gasteiger partial charge in [0.2, 0.25) is 5.43 Å². The highest BCUT2D eigenvalue weighted by Gasteiger charge is 2.23. The zero-order valence-electron chi connectivity index (χ0n) is 13.2. The number of rotatable bonds is 5. The van der Waals surface area contributed by atoms with Gasteiger partial charge in [-0.25, -0.2) is 0 Å². The molecule has 0 aliphatic carbocycles. The van der Waals surface area contributed by atoms with Gasteiger partial charge >= 0.3 is 0 Å². The van der Waals surface area contributed by atoms with Crippen molar-refractivity contribution < 1.29 is 9.84 Å². The fourth-order valence-corrected chi connectivity index (χ4v) is 2.92. The van der Waals surface area contributed by atoms with Gasteiger partial charge in [0, 0.05) is 37.9 Å². The minimum atomic E-state index is -0.299. The highest BCUT2D eigenvalue weighted by molar-refractivity contribution is 5.20. The van der Waals surface area contributed by atoms with Crippen LogP contribution >= 0.6 is 0 Å². The molecule has 0 spiro atoms. The summed E-state index contributed by atoms with van der Waals surface area (Å²) in [7, 11) is 0. The molecule has 1 aromatic rings. The smallest absolute Gasteiger partial charge is 0.223 e. The third-order valence-corrected chi connectivity index (χ3v) is 3.83. The second-order valence-electron chi connectivity index (χ2n) is 6.01. The van der Waals surface area contributed by atoms with E-state index in [-0.39, 0.29) is 23.4 Å². The second-order valence-corrected chi connectivity index (χ2v) is 6.01. The summed E-state index contributed by atoms with van der Waals surface area (Å²) >= 11 is 0. The van der Waals surface area contributed by atoms with Gasteiger partial charge in [0.1, 0.15) is 0 Å². The Kier molecular flexibility index (Phi) is 5.42. The van der Waals surface area contributed by atoms with Crippen molar-refractivity contribution in [2.45, 2.75) is 58.9 Å². The maximum atomic E-state index is 11.7. The van der Waals surface area contributed by atoms with E-state index in [1.807, 2.05) is 4.57 Å². The van der Waals surface area contributed by atoms with Crippen LogP contribution in [0.3, 0.4) is 0 Å². The van der Waals surface area contributed by atoms with Crippen LogP contribution in [0.5, 0.6) is 5.75 Å². The summed E-state index contributed by atoms with van der Waals surface area (Å²) in [4.78, 5) is 14.0. The highest BCUT2D eigenvalue weighted by Crippen LogP contribution is 2.15. The predicted octanol–water partition coefficient (Wildman–Crippen LogP) is 1.96. The number of hydrogen-bond donors (Lipinski definition) is 1. The van der Waals surface area contributed by atoms with Crippen LogP contribution in [0.4, 0.5) is 0 Å². The van der Waals surface area contributed by atoms with E-state index in [0.717, 1.165) is 44.7 Å². The van der Waals surface area contributed by atoms with Crippen molar-refractivity contribution in [1.29, 1.82) is 0 Å². The second kappa shape index (κ2) is 7.09. The topological polar surface area (TPSA) is 54.7 Å². The molecule has 5 heteroatoms. The zero-order chi connectivity index (χ0) is 15.4. The first kappa shape index (κ1) is 16.0. The molecule has 0 bridgehead atoms. The number of unbranched alkanes of at least 4 members (excludes halogenated alkanes) is 1. The number of nitrogens with zero attached hydrogens (tertiary/aromatic N) is 2. The fourth-order valence-electron chi connectivity index (χ4n) is 2.92. The normalized spacial score (nSPS) is 23.4. The predicted molar refractivity (Wildman–Crippen MR) is 82.6 cm³/mol. The molecular weight excluding hydrogens is 268 g/mol. The van der Waals surface area contributed by atoms with Crippen LogP contribution < -0.4 is 5.43 Å². The third kappa shape index (κ3) is 4.32. The van der Waals surface area contributed by atoms with Gasteiger partial charge in [-0.1, -0.05) is 13.3 Å².